The Labute approximate surface area is 252 Å². The van der Waals surface area contributed by atoms with E-state index in [0.29, 0.717) is 33.9 Å². The van der Waals surface area contributed by atoms with E-state index in [0.717, 1.165) is 51.4 Å². The molecule has 11 nitrogen and oxygen atoms in total. The molecule has 218 valence electrons. The third-order valence-electron chi connectivity index (χ3n) is 7.49. The van der Waals surface area contributed by atoms with E-state index < -0.39 is 5.91 Å². The number of carbonyl (C=O) groups is 1. The van der Waals surface area contributed by atoms with Crippen LogP contribution < -0.4 is 25.2 Å². The SMILES string of the molecule is COc1cc(N2CCN(C)CC2)c(NC(=O)c2cncc(O)c2)cc1Nc1ncc(Cl)c(N2CCc3ccsc3C2)n1. The maximum absolute atomic E-state index is 13.2. The van der Waals surface area contributed by atoms with Gasteiger partial charge in [0.25, 0.3) is 5.91 Å². The average molecular weight is 607 g/mol. The number of aromatic hydroxyl groups is 1. The number of carbonyl (C=O) groups excluding carboxylic acids is 1. The number of benzene rings is 1. The van der Waals surface area contributed by atoms with Crippen LogP contribution in [0, 0.1) is 0 Å². The lowest BCUT2D eigenvalue weighted by atomic mass is 10.1. The fourth-order valence-electron chi connectivity index (χ4n) is 5.17. The zero-order valence-electron chi connectivity index (χ0n) is 23.3. The Kier molecular flexibility index (Phi) is 8.00. The number of nitrogens with one attached hydrogen (secondary N) is 2. The predicted molar refractivity (Wildman–Crippen MR) is 166 cm³/mol. The fourth-order valence-corrected chi connectivity index (χ4v) is 6.33. The van der Waals surface area contributed by atoms with Gasteiger partial charge in [-0.2, -0.15) is 4.98 Å². The van der Waals surface area contributed by atoms with E-state index in [1.807, 2.05) is 12.1 Å². The van der Waals surface area contributed by atoms with Crippen LogP contribution in [0.4, 0.5) is 28.8 Å². The van der Waals surface area contributed by atoms with Gasteiger partial charge in [-0.3, -0.25) is 9.78 Å². The summed E-state index contributed by atoms with van der Waals surface area (Å²) in [6, 6.07) is 7.28. The Hall–Kier alpha value is -4.13. The van der Waals surface area contributed by atoms with Crippen molar-refractivity contribution >= 4 is 57.7 Å². The summed E-state index contributed by atoms with van der Waals surface area (Å²) in [5.41, 5.74) is 3.59. The molecule has 2 aliphatic rings. The molecule has 2 aliphatic heterocycles. The molecule has 1 aromatic carbocycles. The van der Waals surface area contributed by atoms with Crippen molar-refractivity contribution in [1.82, 2.24) is 19.9 Å². The third kappa shape index (κ3) is 5.91. The molecule has 0 atom stereocenters. The van der Waals surface area contributed by atoms with Gasteiger partial charge in [0.1, 0.15) is 16.5 Å². The molecule has 0 bridgehead atoms. The summed E-state index contributed by atoms with van der Waals surface area (Å²) in [7, 11) is 3.69. The highest BCUT2D eigenvalue weighted by Crippen LogP contribution is 2.39. The maximum Gasteiger partial charge on any atom is 0.257 e. The molecule has 1 fully saturated rings. The monoisotopic (exact) mass is 606 g/mol. The second kappa shape index (κ2) is 12.0. The number of hydrogen-bond donors (Lipinski definition) is 3. The smallest absolute Gasteiger partial charge is 0.257 e. The minimum absolute atomic E-state index is 0.0845. The van der Waals surface area contributed by atoms with Crippen LogP contribution in [0.1, 0.15) is 20.8 Å². The number of methoxy groups -OCH3 is 1. The van der Waals surface area contributed by atoms with Crippen LogP contribution in [0.2, 0.25) is 5.02 Å². The number of amides is 1. The van der Waals surface area contributed by atoms with E-state index >= 15 is 0 Å². The normalized spacial score (nSPS) is 15.3. The van der Waals surface area contributed by atoms with Gasteiger partial charge in [0.05, 0.1) is 48.7 Å². The van der Waals surface area contributed by atoms with E-state index in [2.05, 4.69) is 53.8 Å². The largest absolute Gasteiger partial charge is 0.506 e. The molecule has 0 aliphatic carbocycles. The van der Waals surface area contributed by atoms with Crippen molar-refractivity contribution in [1.29, 1.82) is 0 Å². The van der Waals surface area contributed by atoms with Crippen LogP contribution >= 0.6 is 22.9 Å². The molecule has 13 heteroatoms. The maximum atomic E-state index is 13.2. The fraction of sp³-hybridized carbons (Fsp3) is 0.310. The lowest BCUT2D eigenvalue weighted by Gasteiger charge is -2.35. The second-order valence-corrected chi connectivity index (χ2v) is 11.7. The molecule has 1 amide bonds. The van der Waals surface area contributed by atoms with Crippen molar-refractivity contribution in [3.8, 4) is 11.5 Å². The summed E-state index contributed by atoms with van der Waals surface area (Å²) in [4.78, 5) is 34.3. The van der Waals surface area contributed by atoms with Crippen molar-refractivity contribution in [2.75, 3.05) is 67.3 Å². The number of rotatable bonds is 7. The number of hydrogen-bond acceptors (Lipinski definition) is 11. The van der Waals surface area contributed by atoms with E-state index in [1.54, 1.807) is 24.6 Å². The number of ether oxygens (including phenoxy) is 1. The Bertz CT molecular complexity index is 1610. The van der Waals surface area contributed by atoms with Gasteiger partial charge in [0, 0.05) is 49.9 Å². The van der Waals surface area contributed by atoms with Crippen molar-refractivity contribution in [3.05, 3.63) is 69.3 Å². The molecule has 42 heavy (non-hydrogen) atoms. The average Bonchev–Trinajstić information content (AvgIpc) is 3.47. The number of pyridine rings is 1. The highest BCUT2D eigenvalue weighted by Gasteiger charge is 2.24. The summed E-state index contributed by atoms with van der Waals surface area (Å²) >= 11 is 8.31. The van der Waals surface area contributed by atoms with Crippen LogP contribution in [-0.2, 0) is 13.0 Å². The van der Waals surface area contributed by atoms with Gasteiger partial charge >= 0.3 is 0 Å². The first-order chi connectivity index (χ1) is 20.4. The van der Waals surface area contributed by atoms with Crippen LogP contribution in [0.25, 0.3) is 0 Å². The summed E-state index contributed by atoms with van der Waals surface area (Å²) in [6.07, 6.45) is 5.22. The highest BCUT2D eigenvalue weighted by molar-refractivity contribution is 7.10. The summed E-state index contributed by atoms with van der Waals surface area (Å²) < 4.78 is 5.78. The van der Waals surface area contributed by atoms with Gasteiger partial charge < -0.3 is 35.2 Å². The van der Waals surface area contributed by atoms with Gasteiger partial charge in [0.15, 0.2) is 5.82 Å². The zero-order valence-corrected chi connectivity index (χ0v) is 24.9. The van der Waals surface area contributed by atoms with Crippen molar-refractivity contribution in [3.63, 3.8) is 0 Å². The lowest BCUT2D eigenvalue weighted by Crippen LogP contribution is -2.44. The minimum atomic E-state index is -0.395. The molecule has 1 saturated heterocycles. The van der Waals surface area contributed by atoms with Gasteiger partial charge in [-0.05, 0) is 42.6 Å². The molecule has 3 aromatic heterocycles. The molecule has 5 heterocycles. The van der Waals surface area contributed by atoms with Crippen LogP contribution in [0.15, 0.2) is 48.2 Å². The number of fused-ring (bicyclic) bond motifs is 1. The lowest BCUT2D eigenvalue weighted by molar-refractivity contribution is 0.102. The first-order valence-electron chi connectivity index (χ1n) is 13.6. The van der Waals surface area contributed by atoms with Gasteiger partial charge in [-0.1, -0.05) is 11.6 Å². The number of nitrogens with zero attached hydrogens (tertiary/aromatic N) is 6. The first-order valence-corrected chi connectivity index (χ1v) is 14.8. The number of likely N-dealkylation sites (N-methyl/N-ethyl adjacent to an activating group) is 1. The number of aromatic nitrogens is 3. The van der Waals surface area contributed by atoms with E-state index in [4.69, 9.17) is 21.3 Å². The molecule has 0 saturated carbocycles. The quantitative estimate of drug-likeness (QED) is 0.275. The minimum Gasteiger partial charge on any atom is -0.506 e. The predicted octanol–water partition coefficient (Wildman–Crippen LogP) is 4.61. The Morgan fingerprint density at radius 2 is 1.90 bits per heavy atom. The molecule has 0 radical (unpaired) electrons. The summed E-state index contributed by atoms with van der Waals surface area (Å²) in [6.45, 7) is 4.90. The molecular weight excluding hydrogens is 576 g/mol. The van der Waals surface area contributed by atoms with Gasteiger partial charge in [-0.25, -0.2) is 4.98 Å². The molecule has 6 rings (SSSR count). The number of halogens is 1. The first kappa shape index (κ1) is 28.0. The number of anilines is 5. The van der Waals surface area contributed by atoms with Gasteiger partial charge in [-0.15, -0.1) is 11.3 Å². The highest BCUT2D eigenvalue weighted by atomic mass is 35.5. The number of thiophene rings is 1. The van der Waals surface area contributed by atoms with Crippen LogP contribution in [0.5, 0.6) is 11.5 Å². The van der Waals surface area contributed by atoms with Crippen LogP contribution in [0.3, 0.4) is 0 Å². The topological polar surface area (TPSA) is 119 Å². The Balaban J connectivity index is 1.32. The standard InChI is InChI=1S/C29H31ClN8O3S/c1-36-6-8-37(9-7-36)24-13-25(41-2)23(12-22(24)33-28(40)19-11-20(39)15-31-14-19)34-29-32-16-21(30)27(35-29)38-5-3-18-4-10-42-26(18)17-38/h4,10-16,39H,3,5-9,17H2,1-2H3,(H,33,40)(H,32,34,35). The van der Waals surface area contributed by atoms with Crippen molar-refractivity contribution in [2.24, 2.45) is 0 Å². The van der Waals surface area contributed by atoms with E-state index in [9.17, 15) is 9.90 Å². The van der Waals surface area contributed by atoms with Crippen molar-refractivity contribution < 1.29 is 14.6 Å². The van der Waals surface area contributed by atoms with Crippen molar-refractivity contribution in [2.45, 2.75) is 13.0 Å². The summed E-state index contributed by atoms with van der Waals surface area (Å²) in [5, 5.41) is 18.7. The number of piperazine rings is 1. The Morgan fingerprint density at radius 3 is 2.69 bits per heavy atom. The molecule has 0 spiro atoms. The summed E-state index contributed by atoms with van der Waals surface area (Å²) in [5.74, 6) is 1.10. The van der Waals surface area contributed by atoms with Gasteiger partial charge in [0.2, 0.25) is 5.95 Å². The second-order valence-electron chi connectivity index (χ2n) is 10.3. The molecule has 0 unspecified atom stereocenters. The van der Waals surface area contributed by atoms with E-state index in [1.165, 1.54) is 28.9 Å². The third-order valence-corrected chi connectivity index (χ3v) is 8.71. The Morgan fingerprint density at radius 1 is 1.07 bits per heavy atom. The van der Waals surface area contributed by atoms with Crippen LogP contribution in [-0.4, -0.2) is 77.7 Å². The molecule has 3 N–H and O–H groups in total. The molecular formula is C29H31ClN8O3S. The van der Waals surface area contributed by atoms with E-state index in [-0.39, 0.29) is 11.3 Å². The zero-order chi connectivity index (χ0) is 29.2. The molecule has 4 aromatic rings.